The minimum atomic E-state index is -1.06. The van der Waals surface area contributed by atoms with Crippen LogP contribution in [-0.2, 0) is 16.1 Å². The van der Waals surface area contributed by atoms with Crippen molar-refractivity contribution in [3.05, 3.63) is 35.9 Å². The first-order valence-electron chi connectivity index (χ1n) is 7.34. The van der Waals surface area contributed by atoms with Crippen LogP contribution in [0.4, 0.5) is 4.79 Å². The summed E-state index contributed by atoms with van der Waals surface area (Å²) >= 11 is 0. The highest BCUT2D eigenvalue weighted by Gasteiger charge is 2.68. The fraction of sp³-hybridized carbons (Fsp3) is 0.500. The monoisotopic (exact) mass is 292 g/mol. The lowest BCUT2D eigenvalue weighted by atomic mass is 9.91. The van der Waals surface area contributed by atoms with E-state index in [4.69, 9.17) is 4.74 Å². The third-order valence-corrected chi connectivity index (χ3v) is 4.61. The molecule has 0 spiro atoms. The quantitative estimate of drug-likeness (QED) is 0.647. The second kappa shape index (κ2) is 5.85. The number of hydrogen-bond acceptors (Lipinski definition) is 3. The standard InChI is InChI=1S/C16H21NO4/c1-3-16(4-2,14(18)19)17(10-11-17)15(20)21-12-13-8-6-5-7-9-13/h5-9H,3-4,10-12H2,1-2H3/p+1. The molecule has 5 heteroatoms. The fourth-order valence-electron chi connectivity index (χ4n) is 3.07. The Hall–Kier alpha value is -1.88. The maximum Gasteiger partial charge on any atom is 0.517 e. The SMILES string of the molecule is CCC(CC)(C(=O)O)[N+]1(C(=O)OCc2ccccc2)CC1. The highest BCUT2D eigenvalue weighted by atomic mass is 16.6. The Morgan fingerprint density at radius 3 is 2.19 bits per heavy atom. The second-order valence-corrected chi connectivity index (χ2v) is 5.50. The van der Waals surface area contributed by atoms with Gasteiger partial charge in [-0.3, -0.25) is 0 Å². The van der Waals surface area contributed by atoms with E-state index in [1.54, 1.807) is 0 Å². The Bertz CT molecular complexity index is 518. The summed E-state index contributed by atoms with van der Waals surface area (Å²) in [5.74, 6) is -0.915. The number of ether oxygens (including phenoxy) is 1. The molecule has 1 aromatic rings. The van der Waals surface area contributed by atoms with Crippen LogP contribution in [0.1, 0.15) is 32.3 Å². The predicted molar refractivity (Wildman–Crippen MR) is 77.6 cm³/mol. The van der Waals surface area contributed by atoms with Crippen molar-refractivity contribution in [2.75, 3.05) is 13.1 Å². The first kappa shape index (κ1) is 15.5. The predicted octanol–water partition coefficient (Wildman–Crippen LogP) is 2.80. The smallest absolute Gasteiger partial charge is 0.477 e. The molecular weight excluding hydrogens is 270 g/mol. The zero-order valence-electron chi connectivity index (χ0n) is 12.5. The minimum absolute atomic E-state index is 0.0812. The van der Waals surface area contributed by atoms with Gasteiger partial charge in [0.05, 0.1) is 0 Å². The average molecular weight is 292 g/mol. The topological polar surface area (TPSA) is 63.6 Å². The van der Waals surface area contributed by atoms with Crippen molar-refractivity contribution < 1.29 is 23.9 Å². The van der Waals surface area contributed by atoms with Gasteiger partial charge in [0, 0.05) is 12.8 Å². The molecule has 0 aromatic heterocycles. The molecule has 21 heavy (non-hydrogen) atoms. The normalized spacial score (nSPS) is 16.3. The highest BCUT2D eigenvalue weighted by molar-refractivity contribution is 5.80. The molecule has 1 amide bonds. The molecule has 0 saturated carbocycles. The van der Waals surface area contributed by atoms with E-state index in [1.165, 1.54) is 0 Å². The van der Waals surface area contributed by atoms with E-state index in [-0.39, 0.29) is 11.1 Å². The summed E-state index contributed by atoms with van der Waals surface area (Å²) in [7, 11) is 0. The van der Waals surface area contributed by atoms with Gasteiger partial charge in [-0.05, 0) is 5.56 Å². The molecule has 0 radical (unpaired) electrons. The number of carboxylic acids is 1. The molecule has 1 heterocycles. The van der Waals surface area contributed by atoms with Crippen LogP contribution in [0.5, 0.6) is 0 Å². The van der Waals surface area contributed by atoms with Crippen molar-refractivity contribution in [3.8, 4) is 0 Å². The van der Waals surface area contributed by atoms with E-state index in [0.29, 0.717) is 25.9 Å². The van der Waals surface area contributed by atoms with Crippen LogP contribution >= 0.6 is 0 Å². The molecule has 2 rings (SSSR count). The molecule has 5 nitrogen and oxygen atoms in total. The van der Waals surface area contributed by atoms with Crippen LogP contribution in [0.25, 0.3) is 0 Å². The number of benzene rings is 1. The van der Waals surface area contributed by atoms with Crippen LogP contribution in [0.2, 0.25) is 0 Å². The number of hydrogen-bond donors (Lipinski definition) is 1. The van der Waals surface area contributed by atoms with Crippen LogP contribution in [0.3, 0.4) is 0 Å². The third kappa shape index (κ3) is 2.53. The molecule has 1 fully saturated rings. The van der Waals surface area contributed by atoms with Gasteiger partial charge < -0.3 is 9.84 Å². The Labute approximate surface area is 124 Å². The molecule has 1 aliphatic heterocycles. The second-order valence-electron chi connectivity index (χ2n) is 5.50. The number of carbonyl (C=O) groups excluding carboxylic acids is 1. The maximum atomic E-state index is 12.5. The van der Waals surface area contributed by atoms with Gasteiger partial charge in [0.1, 0.15) is 19.7 Å². The van der Waals surface area contributed by atoms with Gasteiger partial charge in [-0.2, -0.15) is 9.28 Å². The Kier molecular flexibility index (Phi) is 4.32. The van der Waals surface area contributed by atoms with Gasteiger partial charge in [0.15, 0.2) is 0 Å². The van der Waals surface area contributed by atoms with Crippen molar-refractivity contribution in [1.82, 2.24) is 0 Å². The number of rotatable bonds is 6. The summed E-state index contributed by atoms with van der Waals surface area (Å²) in [6, 6.07) is 9.41. The van der Waals surface area contributed by atoms with E-state index in [1.807, 2.05) is 44.2 Å². The Balaban J connectivity index is 2.12. The number of quaternary nitrogens is 1. The lowest BCUT2D eigenvalue weighted by molar-refractivity contribution is -0.776. The van der Waals surface area contributed by atoms with E-state index in [9.17, 15) is 14.7 Å². The zero-order chi connectivity index (χ0) is 15.5. The summed E-state index contributed by atoms with van der Waals surface area (Å²) < 4.78 is 5.30. The summed E-state index contributed by atoms with van der Waals surface area (Å²) in [6.45, 7) is 4.91. The average Bonchev–Trinajstić information content (AvgIpc) is 3.29. The van der Waals surface area contributed by atoms with Crippen molar-refractivity contribution >= 4 is 12.1 Å². The fourth-order valence-corrected chi connectivity index (χ4v) is 3.07. The maximum absolute atomic E-state index is 12.5. The number of carboxylic acid groups (broad SMARTS) is 1. The molecule has 0 unspecified atom stereocenters. The largest absolute Gasteiger partial charge is 0.517 e. The molecule has 1 saturated heterocycles. The molecule has 1 aliphatic rings. The van der Waals surface area contributed by atoms with Crippen LogP contribution < -0.4 is 0 Å². The Morgan fingerprint density at radius 1 is 1.19 bits per heavy atom. The van der Waals surface area contributed by atoms with Crippen molar-refractivity contribution in [3.63, 3.8) is 0 Å². The number of aliphatic carboxylic acids is 1. The Morgan fingerprint density at radius 2 is 1.76 bits per heavy atom. The molecule has 1 aromatic carbocycles. The van der Waals surface area contributed by atoms with Gasteiger partial charge >= 0.3 is 12.1 Å². The van der Waals surface area contributed by atoms with Crippen molar-refractivity contribution in [2.45, 2.75) is 38.8 Å². The first-order valence-corrected chi connectivity index (χ1v) is 7.34. The van der Waals surface area contributed by atoms with Gasteiger partial charge in [-0.15, -0.1) is 0 Å². The van der Waals surface area contributed by atoms with Gasteiger partial charge in [-0.1, -0.05) is 44.2 Å². The van der Waals surface area contributed by atoms with E-state index < -0.39 is 17.6 Å². The van der Waals surface area contributed by atoms with Crippen LogP contribution in [-0.4, -0.2) is 40.3 Å². The van der Waals surface area contributed by atoms with Gasteiger partial charge in [0.2, 0.25) is 5.54 Å². The first-order chi connectivity index (χ1) is 10.0. The van der Waals surface area contributed by atoms with Gasteiger partial charge in [-0.25, -0.2) is 4.79 Å². The lowest BCUT2D eigenvalue weighted by Gasteiger charge is -2.33. The summed E-state index contributed by atoms with van der Waals surface area (Å²) in [5, 5.41) is 9.61. The van der Waals surface area contributed by atoms with Crippen molar-refractivity contribution in [1.29, 1.82) is 0 Å². The van der Waals surface area contributed by atoms with Crippen LogP contribution in [0.15, 0.2) is 30.3 Å². The highest BCUT2D eigenvalue weighted by Crippen LogP contribution is 2.41. The molecular formula is C16H22NO4+. The summed E-state index contributed by atoms with van der Waals surface area (Å²) in [4.78, 5) is 24.2. The molecule has 0 aliphatic carbocycles. The third-order valence-electron chi connectivity index (χ3n) is 4.61. The molecule has 0 atom stereocenters. The summed E-state index contributed by atoms with van der Waals surface area (Å²) in [5.41, 5.74) is -0.159. The van der Waals surface area contributed by atoms with Gasteiger partial charge in [0.25, 0.3) is 0 Å². The van der Waals surface area contributed by atoms with Crippen LogP contribution in [0, 0.1) is 0 Å². The lowest BCUT2D eigenvalue weighted by Crippen LogP contribution is -2.59. The minimum Gasteiger partial charge on any atom is -0.477 e. The molecule has 0 bridgehead atoms. The van der Waals surface area contributed by atoms with E-state index in [0.717, 1.165) is 5.56 Å². The number of amides is 1. The molecule has 1 N–H and O–H groups in total. The van der Waals surface area contributed by atoms with E-state index >= 15 is 0 Å². The zero-order valence-corrected chi connectivity index (χ0v) is 12.5. The molecule has 114 valence electrons. The summed E-state index contributed by atoms with van der Waals surface area (Å²) in [6.07, 6.45) is 0.406. The van der Waals surface area contributed by atoms with E-state index in [2.05, 4.69) is 0 Å². The number of carbonyl (C=O) groups is 2. The van der Waals surface area contributed by atoms with Crippen molar-refractivity contribution in [2.24, 2.45) is 0 Å². The number of nitrogens with zero attached hydrogens (tertiary/aromatic N) is 1.